The van der Waals surface area contributed by atoms with Crippen LogP contribution in [-0.4, -0.2) is 50.3 Å². The number of fused-ring (bicyclic) bond motifs is 1. The van der Waals surface area contributed by atoms with Crippen LogP contribution in [0.5, 0.6) is 11.5 Å². The van der Waals surface area contributed by atoms with Gasteiger partial charge < -0.3 is 18.9 Å². The van der Waals surface area contributed by atoms with Crippen LogP contribution in [0, 0.1) is 0 Å². The zero-order valence-corrected chi connectivity index (χ0v) is 14.7. The summed E-state index contributed by atoms with van der Waals surface area (Å²) in [5, 5.41) is 0. The summed E-state index contributed by atoms with van der Waals surface area (Å²) in [5.74, 6) is 1.77. The molecule has 5 heteroatoms. The van der Waals surface area contributed by atoms with Crippen LogP contribution in [-0.2, 0) is 9.47 Å². The van der Waals surface area contributed by atoms with E-state index in [2.05, 4.69) is 11.8 Å². The van der Waals surface area contributed by atoms with Gasteiger partial charge in [0.2, 0.25) is 0 Å². The van der Waals surface area contributed by atoms with E-state index in [0.29, 0.717) is 33.3 Å². The van der Waals surface area contributed by atoms with Gasteiger partial charge in [0.1, 0.15) is 37.1 Å². The molecule has 2 heterocycles. The third-order valence-corrected chi connectivity index (χ3v) is 4.75. The molecule has 2 fully saturated rings. The number of ether oxygens (including phenoxy) is 4. The van der Waals surface area contributed by atoms with Crippen molar-refractivity contribution >= 4 is 0 Å². The van der Waals surface area contributed by atoms with Crippen LogP contribution in [0.1, 0.15) is 39.0 Å². The molecule has 0 radical (unpaired) electrons. The quantitative estimate of drug-likeness (QED) is 0.613. The van der Waals surface area contributed by atoms with Gasteiger partial charge in [0.15, 0.2) is 0 Å². The average Bonchev–Trinajstić information content (AvgIpc) is 3.17. The smallest absolute Gasteiger partial charge is 0.119 e. The highest BCUT2D eigenvalue weighted by atomic mass is 16.6. The molecule has 0 unspecified atom stereocenters. The molecule has 134 valence electrons. The first kappa shape index (κ1) is 17.5. The summed E-state index contributed by atoms with van der Waals surface area (Å²) in [5.41, 5.74) is -0.117. The van der Waals surface area contributed by atoms with E-state index in [4.69, 9.17) is 18.9 Å². The number of rotatable bonds is 10. The molecule has 1 aromatic rings. The minimum atomic E-state index is -0.117. The fourth-order valence-corrected chi connectivity index (χ4v) is 3.15. The van der Waals surface area contributed by atoms with E-state index in [1.54, 1.807) is 0 Å². The Kier molecular flexibility index (Phi) is 6.35. The van der Waals surface area contributed by atoms with Crippen molar-refractivity contribution in [3.63, 3.8) is 0 Å². The second-order valence-corrected chi connectivity index (χ2v) is 6.74. The molecule has 5 nitrogen and oxygen atoms in total. The normalized spacial score (nSPS) is 19.4. The number of hydrogen-bond donors (Lipinski definition) is 0. The first-order valence-electron chi connectivity index (χ1n) is 9.09. The van der Waals surface area contributed by atoms with Gasteiger partial charge in [-0.3, -0.25) is 0 Å². The van der Waals surface area contributed by atoms with E-state index < -0.39 is 0 Å². The van der Waals surface area contributed by atoms with Crippen LogP contribution in [0.25, 0.3) is 0 Å². The van der Waals surface area contributed by atoms with Crippen molar-refractivity contribution in [1.82, 2.24) is 4.90 Å². The summed E-state index contributed by atoms with van der Waals surface area (Å²) in [6.07, 6.45) is 6.27. The van der Waals surface area contributed by atoms with Crippen LogP contribution in [0.2, 0.25) is 0 Å². The molecule has 24 heavy (non-hydrogen) atoms. The largest absolute Gasteiger partial charge is 0.494 e. The Morgan fingerprint density at radius 2 is 1.54 bits per heavy atom. The number of benzene rings is 1. The topological polar surface area (TPSA) is 40.2 Å². The summed E-state index contributed by atoms with van der Waals surface area (Å²) in [7, 11) is 0. The van der Waals surface area contributed by atoms with Crippen LogP contribution in [0.4, 0.5) is 0 Å². The molecule has 0 N–H and O–H groups in total. The molecular formula is C19H29NO4. The fraction of sp³-hybridized carbons (Fsp3) is 0.684. The Morgan fingerprint density at radius 1 is 0.917 bits per heavy atom. The van der Waals surface area contributed by atoms with Gasteiger partial charge in [-0.15, -0.1) is 0 Å². The predicted octanol–water partition coefficient (Wildman–Crippen LogP) is 3.43. The third kappa shape index (κ3) is 4.41. The monoisotopic (exact) mass is 335 g/mol. The van der Waals surface area contributed by atoms with Crippen molar-refractivity contribution < 1.29 is 18.9 Å². The molecule has 1 aromatic carbocycles. The standard InChI is InChI=1S/C19H29NO4/c1-2-3-4-5-6-11-23-17-7-9-18(10-8-17)24-14-19-12-21-15-20(19)16-22-13-19/h7-10H,2-6,11-16H2,1H3. The zero-order chi connectivity index (χ0) is 16.7. The molecule has 0 atom stereocenters. The summed E-state index contributed by atoms with van der Waals surface area (Å²) < 4.78 is 22.8. The molecular weight excluding hydrogens is 306 g/mol. The Bertz CT molecular complexity index is 481. The lowest BCUT2D eigenvalue weighted by Gasteiger charge is -2.27. The average molecular weight is 335 g/mol. The Labute approximate surface area is 144 Å². The molecule has 2 aliphatic heterocycles. The van der Waals surface area contributed by atoms with Crippen LogP contribution in [0.3, 0.4) is 0 Å². The summed E-state index contributed by atoms with van der Waals surface area (Å²) in [6.45, 7) is 6.22. The van der Waals surface area contributed by atoms with Crippen LogP contribution >= 0.6 is 0 Å². The first-order valence-corrected chi connectivity index (χ1v) is 9.09. The maximum absolute atomic E-state index is 5.96. The molecule has 0 saturated carbocycles. The van der Waals surface area contributed by atoms with Crippen LogP contribution in [0.15, 0.2) is 24.3 Å². The third-order valence-electron chi connectivity index (χ3n) is 4.75. The molecule has 2 saturated heterocycles. The second kappa shape index (κ2) is 8.70. The molecule has 2 aliphatic rings. The molecule has 0 amide bonds. The molecule has 0 bridgehead atoms. The van der Waals surface area contributed by atoms with Crippen molar-refractivity contribution in [1.29, 1.82) is 0 Å². The highest BCUT2D eigenvalue weighted by Gasteiger charge is 2.47. The van der Waals surface area contributed by atoms with E-state index >= 15 is 0 Å². The highest BCUT2D eigenvalue weighted by Crippen LogP contribution is 2.29. The number of nitrogens with zero attached hydrogens (tertiary/aromatic N) is 1. The van der Waals surface area contributed by atoms with Gasteiger partial charge >= 0.3 is 0 Å². The van der Waals surface area contributed by atoms with Gasteiger partial charge in [0.25, 0.3) is 0 Å². The molecule has 3 rings (SSSR count). The van der Waals surface area contributed by atoms with Crippen LogP contribution < -0.4 is 9.47 Å². The molecule has 0 aromatic heterocycles. The zero-order valence-electron chi connectivity index (χ0n) is 14.7. The van der Waals surface area contributed by atoms with E-state index in [1.807, 2.05) is 24.3 Å². The van der Waals surface area contributed by atoms with Gasteiger partial charge in [-0.05, 0) is 30.7 Å². The van der Waals surface area contributed by atoms with Gasteiger partial charge in [0.05, 0.1) is 19.8 Å². The van der Waals surface area contributed by atoms with E-state index in [-0.39, 0.29) is 5.54 Å². The van der Waals surface area contributed by atoms with Crippen molar-refractivity contribution in [2.75, 3.05) is 39.9 Å². The SMILES string of the molecule is CCCCCCCOc1ccc(OCC23COCN2COC3)cc1. The molecule has 0 spiro atoms. The van der Waals surface area contributed by atoms with Crippen molar-refractivity contribution in [3.05, 3.63) is 24.3 Å². The summed E-state index contributed by atoms with van der Waals surface area (Å²) in [6, 6.07) is 7.90. The Morgan fingerprint density at radius 3 is 2.21 bits per heavy atom. The Hall–Kier alpha value is -1.30. The number of unbranched alkanes of at least 4 members (excludes halogenated alkanes) is 4. The van der Waals surface area contributed by atoms with Crippen molar-refractivity contribution in [3.8, 4) is 11.5 Å². The highest BCUT2D eigenvalue weighted by molar-refractivity contribution is 5.31. The van der Waals surface area contributed by atoms with Crippen molar-refractivity contribution in [2.45, 2.75) is 44.6 Å². The first-order chi connectivity index (χ1) is 11.8. The maximum atomic E-state index is 5.96. The summed E-state index contributed by atoms with van der Waals surface area (Å²) in [4.78, 5) is 2.20. The lowest BCUT2D eigenvalue weighted by atomic mass is 10.0. The van der Waals surface area contributed by atoms with E-state index in [9.17, 15) is 0 Å². The fourth-order valence-electron chi connectivity index (χ4n) is 3.15. The van der Waals surface area contributed by atoms with Gasteiger partial charge in [-0.2, -0.15) is 0 Å². The predicted molar refractivity (Wildman–Crippen MR) is 92.4 cm³/mol. The summed E-state index contributed by atoms with van der Waals surface area (Å²) >= 11 is 0. The van der Waals surface area contributed by atoms with Gasteiger partial charge in [-0.25, -0.2) is 4.90 Å². The van der Waals surface area contributed by atoms with E-state index in [0.717, 1.165) is 24.5 Å². The lowest BCUT2D eigenvalue weighted by Crippen LogP contribution is -2.48. The number of hydrogen-bond acceptors (Lipinski definition) is 5. The lowest BCUT2D eigenvalue weighted by molar-refractivity contribution is 0.0694. The maximum Gasteiger partial charge on any atom is 0.119 e. The van der Waals surface area contributed by atoms with Gasteiger partial charge in [-0.1, -0.05) is 32.6 Å². The van der Waals surface area contributed by atoms with E-state index in [1.165, 1.54) is 25.7 Å². The Balaban J connectivity index is 1.38. The van der Waals surface area contributed by atoms with Crippen molar-refractivity contribution in [2.24, 2.45) is 0 Å². The minimum absolute atomic E-state index is 0.117. The second-order valence-electron chi connectivity index (χ2n) is 6.74. The van der Waals surface area contributed by atoms with Gasteiger partial charge in [0, 0.05) is 0 Å². The minimum Gasteiger partial charge on any atom is -0.494 e. The molecule has 0 aliphatic carbocycles.